The van der Waals surface area contributed by atoms with E-state index in [1.54, 1.807) is 30.4 Å². The lowest BCUT2D eigenvalue weighted by molar-refractivity contribution is 0.100. The van der Waals surface area contributed by atoms with Crippen LogP contribution in [0.4, 0.5) is 11.4 Å². The molecule has 0 spiro atoms. The summed E-state index contributed by atoms with van der Waals surface area (Å²) < 4.78 is 0. The number of nitrogens with two attached hydrogens (primary N) is 1. The Hall–Kier alpha value is -2.60. The van der Waals surface area contributed by atoms with Crippen molar-refractivity contribution < 1.29 is 4.79 Å². The highest BCUT2D eigenvalue weighted by molar-refractivity contribution is 7.98. The van der Waals surface area contributed by atoms with E-state index in [0.717, 1.165) is 33.5 Å². The molecule has 5 nitrogen and oxygen atoms in total. The molecule has 0 atom stereocenters. The van der Waals surface area contributed by atoms with Crippen LogP contribution >= 0.6 is 11.8 Å². The molecule has 2 heterocycles. The van der Waals surface area contributed by atoms with Crippen LogP contribution in [0.25, 0.3) is 10.9 Å². The molecule has 24 heavy (non-hydrogen) atoms. The zero-order chi connectivity index (χ0) is 17.1. The van der Waals surface area contributed by atoms with Gasteiger partial charge in [0.25, 0.3) is 5.91 Å². The van der Waals surface area contributed by atoms with E-state index in [4.69, 9.17) is 5.73 Å². The predicted octanol–water partition coefficient (Wildman–Crippen LogP) is 3.76. The highest BCUT2D eigenvalue weighted by Crippen LogP contribution is 2.33. The molecular formula is C18H18N4OS. The zero-order valence-electron chi connectivity index (χ0n) is 13.5. The van der Waals surface area contributed by atoms with Crippen LogP contribution in [0.5, 0.6) is 0 Å². The van der Waals surface area contributed by atoms with Crippen molar-refractivity contribution in [1.82, 2.24) is 9.97 Å². The Morgan fingerprint density at radius 3 is 2.79 bits per heavy atom. The average Bonchev–Trinajstić information content (AvgIpc) is 2.61. The van der Waals surface area contributed by atoms with Crippen molar-refractivity contribution >= 4 is 39.9 Å². The van der Waals surface area contributed by atoms with Gasteiger partial charge in [-0.1, -0.05) is 6.92 Å². The first-order valence-corrected chi connectivity index (χ1v) is 8.83. The third kappa shape index (κ3) is 3.05. The summed E-state index contributed by atoms with van der Waals surface area (Å²) in [5.74, 6) is -0.511. The summed E-state index contributed by atoms with van der Waals surface area (Å²) in [6, 6.07) is 7.90. The number of rotatable bonds is 5. The molecule has 2 aromatic heterocycles. The molecule has 6 heteroatoms. The van der Waals surface area contributed by atoms with Gasteiger partial charge in [0.15, 0.2) is 0 Å². The van der Waals surface area contributed by atoms with Gasteiger partial charge in [-0.05, 0) is 42.5 Å². The minimum Gasteiger partial charge on any atom is -0.365 e. The summed E-state index contributed by atoms with van der Waals surface area (Å²) in [5.41, 5.74) is 9.41. The second-order valence-corrected chi connectivity index (χ2v) is 6.19. The molecule has 0 unspecified atom stereocenters. The van der Waals surface area contributed by atoms with Crippen molar-refractivity contribution in [3.05, 3.63) is 54.0 Å². The average molecular weight is 338 g/mol. The number of amides is 1. The predicted molar refractivity (Wildman–Crippen MR) is 98.9 cm³/mol. The third-order valence-electron chi connectivity index (χ3n) is 3.84. The number of hydrogen-bond donors (Lipinski definition) is 2. The van der Waals surface area contributed by atoms with Crippen LogP contribution in [0.3, 0.4) is 0 Å². The number of nitrogens with one attached hydrogen (secondary N) is 1. The molecule has 0 aliphatic heterocycles. The molecule has 1 amide bonds. The lowest BCUT2D eigenvalue weighted by Crippen LogP contribution is -2.14. The van der Waals surface area contributed by atoms with Gasteiger partial charge in [0.2, 0.25) is 0 Å². The molecule has 0 saturated carbocycles. The van der Waals surface area contributed by atoms with Crippen molar-refractivity contribution in [3.63, 3.8) is 0 Å². The van der Waals surface area contributed by atoms with Crippen molar-refractivity contribution in [3.8, 4) is 0 Å². The molecule has 3 aromatic rings. The van der Waals surface area contributed by atoms with E-state index in [2.05, 4.69) is 28.3 Å². The van der Waals surface area contributed by atoms with E-state index in [1.165, 1.54) is 0 Å². The first-order valence-electron chi connectivity index (χ1n) is 7.60. The minimum atomic E-state index is -0.511. The largest absolute Gasteiger partial charge is 0.365 e. The molecule has 122 valence electrons. The molecule has 0 fully saturated rings. The van der Waals surface area contributed by atoms with Gasteiger partial charge in [-0.3, -0.25) is 14.8 Å². The molecule has 0 saturated heterocycles. The summed E-state index contributed by atoms with van der Waals surface area (Å²) in [6.45, 7) is 2.09. The Balaban J connectivity index is 2.29. The van der Waals surface area contributed by atoms with E-state index >= 15 is 0 Å². The number of carbonyl (C=O) groups is 1. The Labute approximate surface area is 144 Å². The summed E-state index contributed by atoms with van der Waals surface area (Å²) in [5, 5.41) is 4.17. The van der Waals surface area contributed by atoms with Gasteiger partial charge >= 0.3 is 0 Å². The van der Waals surface area contributed by atoms with Crippen LogP contribution in [0, 0.1) is 0 Å². The molecule has 0 radical (unpaired) electrons. The minimum absolute atomic E-state index is 0.367. The Morgan fingerprint density at radius 1 is 1.33 bits per heavy atom. The van der Waals surface area contributed by atoms with Gasteiger partial charge in [-0.2, -0.15) is 0 Å². The van der Waals surface area contributed by atoms with Crippen LogP contribution in [0.15, 0.2) is 47.8 Å². The van der Waals surface area contributed by atoms with Crippen LogP contribution in [-0.2, 0) is 6.42 Å². The molecular weight excluding hydrogens is 320 g/mol. The smallest absolute Gasteiger partial charge is 0.252 e. The fraction of sp³-hybridized carbons (Fsp3) is 0.167. The molecule has 1 aromatic carbocycles. The number of anilines is 2. The van der Waals surface area contributed by atoms with Crippen LogP contribution < -0.4 is 11.1 Å². The number of pyridine rings is 2. The number of thioether (sulfide) groups is 1. The third-order valence-corrected chi connectivity index (χ3v) is 4.54. The molecule has 3 rings (SSSR count). The Bertz CT molecular complexity index is 896. The molecule has 0 aliphatic carbocycles. The van der Waals surface area contributed by atoms with Crippen molar-refractivity contribution in [2.24, 2.45) is 5.73 Å². The number of aromatic nitrogens is 2. The quantitative estimate of drug-likeness (QED) is 0.692. The first-order chi connectivity index (χ1) is 11.6. The number of primary amides is 1. The maximum Gasteiger partial charge on any atom is 0.252 e. The van der Waals surface area contributed by atoms with Gasteiger partial charge in [-0.25, -0.2) is 0 Å². The van der Waals surface area contributed by atoms with E-state index in [0.29, 0.717) is 11.3 Å². The number of carbonyl (C=O) groups excluding carboxylic acids is 1. The topological polar surface area (TPSA) is 80.9 Å². The Kier molecular flexibility index (Phi) is 4.66. The maximum absolute atomic E-state index is 11.9. The lowest BCUT2D eigenvalue weighted by Gasteiger charge is -2.15. The number of aryl methyl sites for hydroxylation is 1. The van der Waals surface area contributed by atoms with Gasteiger partial charge in [-0.15, -0.1) is 11.8 Å². The molecule has 0 aliphatic rings. The van der Waals surface area contributed by atoms with E-state index in [-0.39, 0.29) is 0 Å². The number of nitrogens with zero attached hydrogens (tertiary/aromatic N) is 2. The van der Waals surface area contributed by atoms with Crippen molar-refractivity contribution in [1.29, 1.82) is 0 Å². The van der Waals surface area contributed by atoms with Gasteiger partial charge in [0.1, 0.15) is 0 Å². The van der Waals surface area contributed by atoms with Crippen LogP contribution in [0.1, 0.15) is 22.8 Å². The fourth-order valence-electron chi connectivity index (χ4n) is 2.64. The highest BCUT2D eigenvalue weighted by atomic mass is 32.2. The summed E-state index contributed by atoms with van der Waals surface area (Å²) >= 11 is 1.66. The summed E-state index contributed by atoms with van der Waals surface area (Å²) in [7, 11) is 0. The van der Waals surface area contributed by atoms with Crippen LogP contribution in [-0.4, -0.2) is 22.1 Å². The van der Waals surface area contributed by atoms with E-state index in [1.807, 2.05) is 24.5 Å². The summed E-state index contributed by atoms with van der Waals surface area (Å²) in [6.07, 6.45) is 7.84. The normalized spacial score (nSPS) is 10.8. The van der Waals surface area contributed by atoms with Crippen molar-refractivity contribution in [2.45, 2.75) is 18.2 Å². The van der Waals surface area contributed by atoms with E-state index < -0.39 is 5.91 Å². The Morgan fingerprint density at radius 2 is 2.17 bits per heavy atom. The molecule has 0 bridgehead atoms. The number of hydrogen-bond acceptors (Lipinski definition) is 5. The van der Waals surface area contributed by atoms with Gasteiger partial charge in [0.05, 0.1) is 28.7 Å². The van der Waals surface area contributed by atoms with Crippen molar-refractivity contribution in [2.75, 3.05) is 11.6 Å². The standard InChI is InChI=1S/C18H18N4OS/c1-3-11-7-13(24-2)8-14-16(11)21-10-15(18(19)23)17(14)22-12-5-4-6-20-9-12/h4-10H,3H2,1-2H3,(H2,19,23)(H,21,22). The monoisotopic (exact) mass is 338 g/mol. The SMILES string of the molecule is CCc1cc(SC)cc2c(Nc3cccnc3)c(C(N)=O)cnc12. The fourth-order valence-corrected chi connectivity index (χ4v) is 3.13. The first kappa shape index (κ1) is 16.3. The second-order valence-electron chi connectivity index (χ2n) is 5.31. The number of benzene rings is 1. The summed E-state index contributed by atoms with van der Waals surface area (Å²) in [4.78, 5) is 21.6. The second kappa shape index (κ2) is 6.88. The number of fused-ring (bicyclic) bond motifs is 1. The van der Waals surface area contributed by atoms with E-state index in [9.17, 15) is 4.79 Å². The highest BCUT2D eigenvalue weighted by Gasteiger charge is 2.16. The maximum atomic E-state index is 11.9. The lowest BCUT2D eigenvalue weighted by atomic mass is 10.0. The zero-order valence-corrected chi connectivity index (χ0v) is 14.4. The van der Waals surface area contributed by atoms with Crippen LogP contribution in [0.2, 0.25) is 0 Å². The van der Waals surface area contributed by atoms with Gasteiger partial charge < -0.3 is 11.1 Å². The van der Waals surface area contributed by atoms with Gasteiger partial charge in [0, 0.05) is 22.7 Å². The molecule has 3 N–H and O–H groups in total.